The highest BCUT2D eigenvalue weighted by molar-refractivity contribution is 6.12. The predicted octanol–water partition coefficient (Wildman–Crippen LogP) is 5.98. The number of benzene rings is 4. The average Bonchev–Trinajstić information content (AvgIpc) is 3.03. The Kier molecular flexibility index (Phi) is 2.65. The molecule has 0 nitrogen and oxygen atoms in total. The number of hydrogen-bond donors (Lipinski definition) is 0. The van der Waals surface area contributed by atoms with Gasteiger partial charge in [-0.15, -0.1) is 0 Å². The normalized spacial score (nSPS) is 13.3. The first-order valence-corrected chi connectivity index (χ1v) is 8.11. The molecular weight excluding hydrogens is 276 g/mol. The Balaban J connectivity index is 1.93. The van der Waals surface area contributed by atoms with Gasteiger partial charge in [0.1, 0.15) is 0 Å². The number of allylic oxidation sites excluding steroid dienone is 1. The molecule has 0 aromatic heterocycles. The molecule has 0 N–H and O–H groups in total. The van der Waals surface area contributed by atoms with E-state index in [1.807, 2.05) is 0 Å². The van der Waals surface area contributed by atoms with E-state index < -0.39 is 0 Å². The fourth-order valence-electron chi connectivity index (χ4n) is 3.82. The van der Waals surface area contributed by atoms with E-state index in [2.05, 4.69) is 84.9 Å². The van der Waals surface area contributed by atoms with E-state index in [1.54, 1.807) is 0 Å². The van der Waals surface area contributed by atoms with E-state index in [0.29, 0.717) is 0 Å². The van der Waals surface area contributed by atoms with Crippen molar-refractivity contribution in [3.05, 3.63) is 102 Å². The molecule has 23 heavy (non-hydrogen) atoms. The van der Waals surface area contributed by atoms with E-state index in [9.17, 15) is 0 Å². The zero-order valence-electron chi connectivity index (χ0n) is 12.8. The van der Waals surface area contributed by atoms with Crippen LogP contribution >= 0.6 is 0 Å². The Morgan fingerprint density at radius 2 is 1.22 bits per heavy atom. The van der Waals surface area contributed by atoms with Gasteiger partial charge in [-0.3, -0.25) is 0 Å². The van der Waals surface area contributed by atoms with Gasteiger partial charge in [-0.1, -0.05) is 78.9 Å². The number of rotatable bonds is 1. The van der Waals surface area contributed by atoms with Crippen molar-refractivity contribution < 1.29 is 0 Å². The second kappa shape index (κ2) is 4.82. The van der Waals surface area contributed by atoms with E-state index in [1.165, 1.54) is 43.8 Å². The van der Waals surface area contributed by atoms with Crippen LogP contribution < -0.4 is 0 Å². The first-order chi connectivity index (χ1) is 11.4. The van der Waals surface area contributed by atoms with Gasteiger partial charge in [-0.2, -0.15) is 0 Å². The molecule has 0 heterocycles. The molecule has 0 spiro atoms. The topological polar surface area (TPSA) is 0 Å². The van der Waals surface area contributed by atoms with Crippen LogP contribution in [0.5, 0.6) is 0 Å². The first-order valence-electron chi connectivity index (χ1n) is 8.11. The third-order valence-corrected chi connectivity index (χ3v) is 4.87. The number of hydrogen-bond acceptors (Lipinski definition) is 0. The van der Waals surface area contributed by atoms with Gasteiger partial charge >= 0.3 is 0 Å². The van der Waals surface area contributed by atoms with E-state index in [-0.39, 0.29) is 0 Å². The highest BCUT2D eigenvalue weighted by Gasteiger charge is 2.19. The summed E-state index contributed by atoms with van der Waals surface area (Å²) in [7, 11) is 0. The summed E-state index contributed by atoms with van der Waals surface area (Å²) < 4.78 is 0. The van der Waals surface area contributed by atoms with E-state index >= 15 is 0 Å². The van der Waals surface area contributed by atoms with Crippen LogP contribution in [0.25, 0.3) is 27.1 Å². The van der Waals surface area contributed by atoms with Gasteiger partial charge in [-0.05, 0) is 56.3 Å². The minimum Gasteiger partial charge on any atom is -0.0716 e. The third-order valence-electron chi connectivity index (χ3n) is 4.87. The zero-order valence-corrected chi connectivity index (χ0v) is 12.8. The van der Waals surface area contributed by atoms with Crippen molar-refractivity contribution >= 4 is 27.1 Å². The van der Waals surface area contributed by atoms with Crippen molar-refractivity contribution in [2.45, 2.75) is 6.42 Å². The molecule has 0 unspecified atom stereocenters. The van der Waals surface area contributed by atoms with Crippen LogP contribution in [0.3, 0.4) is 0 Å². The molecule has 4 aromatic rings. The summed E-state index contributed by atoms with van der Waals surface area (Å²) in [4.78, 5) is 0. The molecule has 5 rings (SSSR count). The molecule has 0 heteroatoms. The van der Waals surface area contributed by atoms with Crippen LogP contribution in [0.15, 0.2) is 84.9 Å². The minimum absolute atomic E-state index is 1.03. The van der Waals surface area contributed by atoms with Crippen LogP contribution in [-0.2, 0) is 6.42 Å². The quantitative estimate of drug-likeness (QED) is 0.378. The first kappa shape index (κ1) is 12.7. The molecule has 0 aliphatic heterocycles. The molecule has 0 radical (unpaired) electrons. The van der Waals surface area contributed by atoms with Gasteiger partial charge in [0.25, 0.3) is 0 Å². The lowest BCUT2D eigenvalue weighted by molar-refractivity contribution is 1.31. The molecule has 108 valence electrons. The molecule has 0 fully saturated rings. The highest BCUT2D eigenvalue weighted by atomic mass is 14.2. The Bertz CT molecular complexity index is 1030. The fourth-order valence-corrected chi connectivity index (χ4v) is 3.82. The van der Waals surface area contributed by atoms with Crippen LogP contribution in [0, 0.1) is 0 Å². The highest BCUT2D eigenvalue weighted by Crippen LogP contribution is 2.40. The maximum atomic E-state index is 2.39. The molecule has 4 aromatic carbocycles. The predicted molar refractivity (Wildman–Crippen MR) is 98.7 cm³/mol. The summed E-state index contributed by atoms with van der Waals surface area (Å²) in [6.45, 7) is 0. The largest absolute Gasteiger partial charge is 0.0716 e. The lowest BCUT2D eigenvalue weighted by atomic mass is 9.89. The van der Waals surface area contributed by atoms with Crippen molar-refractivity contribution in [3.8, 4) is 0 Å². The third kappa shape index (κ3) is 1.85. The summed E-state index contributed by atoms with van der Waals surface area (Å²) in [6.07, 6.45) is 3.42. The maximum absolute atomic E-state index is 2.39. The maximum Gasteiger partial charge on any atom is -0.00238 e. The summed E-state index contributed by atoms with van der Waals surface area (Å²) in [6, 6.07) is 28.5. The van der Waals surface area contributed by atoms with E-state index in [0.717, 1.165) is 6.42 Å². The summed E-state index contributed by atoms with van der Waals surface area (Å²) in [5.74, 6) is 0. The Labute approximate surface area is 135 Å². The van der Waals surface area contributed by atoms with Crippen LogP contribution in [0.2, 0.25) is 0 Å². The Hall–Kier alpha value is -2.86. The second-order valence-corrected chi connectivity index (χ2v) is 6.17. The minimum atomic E-state index is 1.03. The lowest BCUT2D eigenvalue weighted by Gasteiger charge is -2.14. The molecule has 0 amide bonds. The van der Waals surface area contributed by atoms with Crippen molar-refractivity contribution in [3.63, 3.8) is 0 Å². The van der Waals surface area contributed by atoms with Gasteiger partial charge in [0.2, 0.25) is 0 Å². The van der Waals surface area contributed by atoms with Crippen LogP contribution in [0.4, 0.5) is 0 Å². The second-order valence-electron chi connectivity index (χ2n) is 6.17. The van der Waals surface area contributed by atoms with E-state index in [4.69, 9.17) is 0 Å². The van der Waals surface area contributed by atoms with Crippen LogP contribution in [0.1, 0.15) is 16.7 Å². The van der Waals surface area contributed by atoms with Crippen molar-refractivity contribution in [1.82, 2.24) is 0 Å². The smallest absolute Gasteiger partial charge is 0.00238 e. The number of fused-ring (bicyclic) bond motifs is 3. The van der Waals surface area contributed by atoms with Crippen molar-refractivity contribution in [1.29, 1.82) is 0 Å². The Morgan fingerprint density at radius 3 is 1.96 bits per heavy atom. The van der Waals surface area contributed by atoms with Crippen molar-refractivity contribution in [2.24, 2.45) is 0 Å². The standard InChI is InChI=1S/C23H16/c1-4-10-19-16(7-1)13-14-22(19)23-20-11-5-2-8-17(20)15-18-9-3-6-12-21(18)23/h1-12,14-15H,13H2. The van der Waals surface area contributed by atoms with Gasteiger partial charge in [-0.25, -0.2) is 0 Å². The molecule has 0 saturated carbocycles. The summed E-state index contributed by atoms with van der Waals surface area (Å²) in [5, 5.41) is 5.31. The van der Waals surface area contributed by atoms with Crippen molar-refractivity contribution in [2.75, 3.05) is 0 Å². The van der Waals surface area contributed by atoms with Gasteiger partial charge in [0.05, 0.1) is 0 Å². The Morgan fingerprint density at radius 1 is 0.609 bits per heavy atom. The molecule has 0 bridgehead atoms. The SMILES string of the molecule is C1=C(c2c3ccccc3cc3ccccc23)c2ccccc2C1. The molecule has 1 aliphatic carbocycles. The molecule has 0 saturated heterocycles. The fraction of sp³-hybridized carbons (Fsp3) is 0.0435. The molecular formula is C23H16. The van der Waals surface area contributed by atoms with Gasteiger partial charge in [0.15, 0.2) is 0 Å². The lowest BCUT2D eigenvalue weighted by Crippen LogP contribution is -1.91. The molecule has 0 atom stereocenters. The molecule has 1 aliphatic rings. The average molecular weight is 292 g/mol. The summed E-state index contributed by atoms with van der Waals surface area (Å²) >= 11 is 0. The summed E-state index contributed by atoms with van der Waals surface area (Å²) in [5.41, 5.74) is 5.57. The zero-order chi connectivity index (χ0) is 15.2. The van der Waals surface area contributed by atoms with Gasteiger partial charge in [0, 0.05) is 0 Å². The monoisotopic (exact) mass is 292 g/mol. The van der Waals surface area contributed by atoms with Gasteiger partial charge < -0.3 is 0 Å². The van der Waals surface area contributed by atoms with Crippen LogP contribution in [-0.4, -0.2) is 0 Å².